The maximum Gasteiger partial charge on any atom is 0.341 e. The number of aromatic nitrogens is 3. The second-order valence-electron chi connectivity index (χ2n) is 3.28. The van der Waals surface area contributed by atoms with Crippen molar-refractivity contribution in [1.29, 1.82) is 0 Å². The molecule has 0 bridgehead atoms. The van der Waals surface area contributed by atoms with Crippen molar-refractivity contribution < 1.29 is 9.90 Å². The number of H-pyrrole nitrogens is 1. The number of aromatic carboxylic acids is 1. The molecule has 2 aromatic heterocycles. The summed E-state index contributed by atoms with van der Waals surface area (Å²) in [6.45, 7) is 1.89. The number of hydrogen-bond acceptors (Lipinski definition) is 3. The van der Waals surface area contributed by atoms with E-state index < -0.39 is 5.97 Å². The summed E-state index contributed by atoms with van der Waals surface area (Å²) in [6.07, 6.45) is 1.60. The lowest BCUT2D eigenvalue weighted by Gasteiger charge is -1.99. The molecule has 2 rings (SSSR count). The van der Waals surface area contributed by atoms with Crippen LogP contribution in [0.15, 0.2) is 18.3 Å². The quantitative estimate of drug-likeness (QED) is 0.839. The zero-order valence-electron chi connectivity index (χ0n) is 8.36. The molecule has 0 aromatic carbocycles. The monoisotopic (exact) mass is 237 g/mol. The van der Waals surface area contributed by atoms with Gasteiger partial charge < -0.3 is 5.11 Å². The van der Waals surface area contributed by atoms with E-state index in [0.29, 0.717) is 5.69 Å². The maximum absolute atomic E-state index is 11.0. The van der Waals surface area contributed by atoms with Crippen LogP contribution in [0.5, 0.6) is 0 Å². The lowest BCUT2D eigenvalue weighted by molar-refractivity contribution is 0.0698. The summed E-state index contributed by atoms with van der Waals surface area (Å²) >= 11 is 5.70. The van der Waals surface area contributed by atoms with Crippen molar-refractivity contribution in [3.8, 4) is 11.4 Å². The molecule has 16 heavy (non-hydrogen) atoms. The summed E-state index contributed by atoms with van der Waals surface area (Å²) < 4.78 is 0. The Morgan fingerprint density at radius 3 is 2.94 bits per heavy atom. The molecule has 6 heteroatoms. The van der Waals surface area contributed by atoms with E-state index in [0.717, 1.165) is 5.56 Å². The number of nitrogens with one attached hydrogen (secondary N) is 1. The number of carboxylic acids is 1. The number of carbonyl (C=O) groups is 1. The van der Waals surface area contributed by atoms with Gasteiger partial charge in [0.15, 0.2) is 0 Å². The predicted octanol–water partition coefficient (Wildman–Crippen LogP) is 2.13. The van der Waals surface area contributed by atoms with E-state index in [-0.39, 0.29) is 16.4 Å². The predicted molar refractivity (Wildman–Crippen MR) is 58.5 cm³/mol. The molecule has 2 N–H and O–H groups in total. The second-order valence-corrected chi connectivity index (χ2v) is 3.66. The highest BCUT2D eigenvalue weighted by molar-refractivity contribution is 6.33. The highest BCUT2D eigenvalue weighted by Crippen LogP contribution is 2.25. The number of carboxylic acid groups (broad SMARTS) is 1. The third-order valence-corrected chi connectivity index (χ3v) is 2.37. The van der Waals surface area contributed by atoms with Crippen molar-refractivity contribution in [2.24, 2.45) is 0 Å². The zero-order valence-corrected chi connectivity index (χ0v) is 9.12. The van der Waals surface area contributed by atoms with Gasteiger partial charge in [-0.3, -0.25) is 10.1 Å². The molecule has 82 valence electrons. The Morgan fingerprint density at radius 2 is 2.31 bits per heavy atom. The largest absolute Gasteiger partial charge is 0.477 e. The van der Waals surface area contributed by atoms with Crippen molar-refractivity contribution in [3.63, 3.8) is 0 Å². The molecule has 0 atom stereocenters. The maximum atomic E-state index is 11.0. The Hall–Kier alpha value is -1.88. The first-order valence-corrected chi connectivity index (χ1v) is 4.87. The number of nitrogens with zero attached hydrogens (tertiary/aromatic N) is 2. The molecule has 0 radical (unpaired) electrons. The lowest BCUT2D eigenvalue weighted by Crippen LogP contribution is -1.99. The summed E-state index contributed by atoms with van der Waals surface area (Å²) in [5.41, 5.74) is 1.65. The van der Waals surface area contributed by atoms with Gasteiger partial charge in [-0.25, -0.2) is 4.79 Å². The minimum absolute atomic E-state index is 0.00538. The summed E-state index contributed by atoms with van der Waals surface area (Å²) in [5.74, 6) is -1.13. The molecule has 0 saturated carbocycles. The number of halogens is 1. The van der Waals surface area contributed by atoms with E-state index in [4.69, 9.17) is 16.7 Å². The molecule has 0 fully saturated rings. The van der Waals surface area contributed by atoms with Crippen LogP contribution >= 0.6 is 11.6 Å². The fraction of sp³-hybridized carbons (Fsp3) is 0.100. The minimum atomic E-state index is -1.13. The first-order valence-electron chi connectivity index (χ1n) is 4.50. The molecule has 2 heterocycles. The number of aryl methyl sites for hydroxylation is 1. The fourth-order valence-electron chi connectivity index (χ4n) is 1.37. The number of rotatable bonds is 2. The molecule has 0 aliphatic heterocycles. The van der Waals surface area contributed by atoms with Crippen LogP contribution in [0.1, 0.15) is 15.9 Å². The summed E-state index contributed by atoms with van der Waals surface area (Å²) in [6, 6.07) is 3.57. The van der Waals surface area contributed by atoms with Gasteiger partial charge in [-0.2, -0.15) is 5.10 Å². The van der Waals surface area contributed by atoms with E-state index in [1.54, 1.807) is 12.3 Å². The van der Waals surface area contributed by atoms with Crippen LogP contribution in [-0.4, -0.2) is 26.3 Å². The average molecular weight is 238 g/mol. The van der Waals surface area contributed by atoms with Crippen molar-refractivity contribution in [2.45, 2.75) is 6.92 Å². The van der Waals surface area contributed by atoms with Gasteiger partial charge in [-0.05, 0) is 24.6 Å². The van der Waals surface area contributed by atoms with Gasteiger partial charge in [0.05, 0.1) is 5.69 Å². The highest BCUT2D eigenvalue weighted by atomic mass is 35.5. The molecule has 0 unspecified atom stereocenters. The van der Waals surface area contributed by atoms with Crippen LogP contribution in [0.25, 0.3) is 11.4 Å². The molecule has 5 nitrogen and oxygen atoms in total. The van der Waals surface area contributed by atoms with Crippen LogP contribution in [0.3, 0.4) is 0 Å². The van der Waals surface area contributed by atoms with Crippen molar-refractivity contribution in [3.05, 3.63) is 34.6 Å². The van der Waals surface area contributed by atoms with Crippen LogP contribution in [0.2, 0.25) is 5.15 Å². The summed E-state index contributed by atoms with van der Waals surface area (Å²) in [4.78, 5) is 15.1. The summed E-state index contributed by atoms with van der Waals surface area (Å²) in [7, 11) is 0. The molecule has 0 aliphatic carbocycles. The van der Waals surface area contributed by atoms with Gasteiger partial charge >= 0.3 is 5.97 Å². The number of hydrogen-bond donors (Lipinski definition) is 2. The molecule has 0 amide bonds. The molecule has 0 spiro atoms. The SMILES string of the molecule is Cc1ccnc(-c2n[nH]c(Cl)c2C(=O)O)c1. The van der Waals surface area contributed by atoms with Crippen LogP contribution < -0.4 is 0 Å². The highest BCUT2D eigenvalue weighted by Gasteiger charge is 2.20. The van der Waals surface area contributed by atoms with E-state index >= 15 is 0 Å². The van der Waals surface area contributed by atoms with Crippen molar-refractivity contribution in [1.82, 2.24) is 15.2 Å². The fourth-order valence-corrected chi connectivity index (χ4v) is 1.58. The Balaban J connectivity index is 2.60. The smallest absolute Gasteiger partial charge is 0.341 e. The third kappa shape index (κ3) is 1.77. The average Bonchev–Trinajstić information content (AvgIpc) is 2.60. The van der Waals surface area contributed by atoms with Crippen LogP contribution in [0, 0.1) is 6.92 Å². The Labute approximate surface area is 96.1 Å². The van der Waals surface area contributed by atoms with Gasteiger partial charge in [-0.15, -0.1) is 0 Å². The third-order valence-electron chi connectivity index (χ3n) is 2.09. The summed E-state index contributed by atoms with van der Waals surface area (Å²) in [5, 5.41) is 15.3. The van der Waals surface area contributed by atoms with Gasteiger partial charge in [0.25, 0.3) is 0 Å². The number of pyridine rings is 1. The Kier molecular flexibility index (Phi) is 2.62. The van der Waals surface area contributed by atoms with E-state index in [2.05, 4.69) is 15.2 Å². The normalized spacial score (nSPS) is 10.4. The topological polar surface area (TPSA) is 78.9 Å². The minimum Gasteiger partial charge on any atom is -0.477 e. The van der Waals surface area contributed by atoms with Crippen molar-refractivity contribution in [2.75, 3.05) is 0 Å². The van der Waals surface area contributed by atoms with E-state index in [9.17, 15) is 4.79 Å². The van der Waals surface area contributed by atoms with Gasteiger partial charge in [0, 0.05) is 6.20 Å². The first-order chi connectivity index (χ1) is 7.59. The molecular weight excluding hydrogens is 230 g/mol. The molecule has 0 aliphatic rings. The van der Waals surface area contributed by atoms with Crippen molar-refractivity contribution >= 4 is 17.6 Å². The Bertz CT molecular complexity index is 551. The zero-order chi connectivity index (χ0) is 11.7. The molecule has 2 aromatic rings. The van der Waals surface area contributed by atoms with Gasteiger partial charge in [-0.1, -0.05) is 11.6 Å². The van der Waals surface area contributed by atoms with E-state index in [1.165, 1.54) is 0 Å². The Morgan fingerprint density at radius 1 is 1.56 bits per heavy atom. The second kappa shape index (κ2) is 3.94. The van der Waals surface area contributed by atoms with Gasteiger partial charge in [0.2, 0.25) is 0 Å². The molecular formula is C10H8ClN3O2. The van der Waals surface area contributed by atoms with E-state index in [1.807, 2.05) is 13.0 Å². The van der Waals surface area contributed by atoms with Gasteiger partial charge in [0.1, 0.15) is 16.4 Å². The lowest BCUT2D eigenvalue weighted by atomic mass is 10.1. The van der Waals surface area contributed by atoms with Crippen LogP contribution in [-0.2, 0) is 0 Å². The number of aromatic amines is 1. The standard InChI is InChI=1S/C10H8ClN3O2/c1-5-2-3-12-6(4-5)8-7(10(15)16)9(11)14-13-8/h2-4H,1H3,(H,13,14)(H,15,16). The molecule has 0 saturated heterocycles. The van der Waals surface area contributed by atoms with Crippen LogP contribution in [0.4, 0.5) is 0 Å². The first kappa shape index (κ1) is 10.6.